The number of hydrogen-bond donors (Lipinski definition) is 1. The Morgan fingerprint density at radius 2 is 2.10 bits per heavy atom. The molecule has 0 radical (unpaired) electrons. The van der Waals surface area contributed by atoms with Gasteiger partial charge in [-0.15, -0.1) is 0 Å². The zero-order chi connectivity index (χ0) is 14.7. The van der Waals surface area contributed by atoms with Crippen LogP contribution in [0, 0.1) is 5.92 Å². The first kappa shape index (κ1) is 14.4. The lowest BCUT2D eigenvalue weighted by atomic mass is 9.90. The van der Waals surface area contributed by atoms with Crippen LogP contribution in [-0.4, -0.2) is 37.6 Å². The third kappa shape index (κ3) is 3.38. The standard InChI is InChI=1S/C17H24N2O2/c1-21-15-6-5-13-11-14(17(20)18-16(13)12-15)7-10-19-8-3-2-4-9-19/h5-6,12,14H,2-4,7-11H2,1H3,(H,18,20). The molecule has 1 fully saturated rings. The highest BCUT2D eigenvalue weighted by atomic mass is 16.5. The highest BCUT2D eigenvalue weighted by Crippen LogP contribution is 2.30. The molecule has 1 saturated heterocycles. The second-order valence-electron chi connectivity index (χ2n) is 6.10. The van der Waals surface area contributed by atoms with Crippen molar-refractivity contribution in [3.63, 3.8) is 0 Å². The second kappa shape index (κ2) is 6.48. The van der Waals surface area contributed by atoms with E-state index in [1.54, 1.807) is 7.11 Å². The Morgan fingerprint density at radius 3 is 2.86 bits per heavy atom. The van der Waals surface area contributed by atoms with Crippen molar-refractivity contribution in [2.45, 2.75) is 32.1 Å². The highest BCUT2D eigenvalue weighted by Gasteiger charge is 2.26. The molecule has 0 aromatic heterocycles. The number of likely N-dealkylation sites (tertiary alicyclic amines) is 1. The van der Waals surface area contributed by atoms with Gasteiger partial charge in [-0.05, 0) is 56.9 Å². The van der Waals surface area contributed by atoms with E-state index in [0.717, 1.165) is 30.8 Å². The normalized spacial score (nSPS) is 22.5. The third-order valence-corrected chi connectivity index (χ3v) is 4.65. The van der Waals surface area contributed by atoms with Crippen LogP contribution in [0.3, 0.4) is 0 Å². The van der Waals surface area contributed by atoms with Crippen molar-refractivity contribution in [3.05, 3.63) is 23.8 Å². The fourth-order valence-electron chi connectivity index (χ4n) is 3.32. The average Bonchev–Trinajstić information content (AvgIpc) is 2.53. The van der Waals surface area contributed by atoms with Crippen molar-refractivity contribution in [1.29, 1.82) is 0 Å². The number of methoxy groups -OCH3 is 1. The molecule has 1 atom stereocenters. The molecule has 4 heteroatoms. The smallest absolute Gasteiger partial charge is 0.227 e. The predicted octanol–water partition coefficient (Wildman–Crippen LogP) is 2.68. The van der Waals surface area contributed by atoms with E-state index in [2.05, 4.69) is 16.3 Å². The molecule has 0 bridgehead atoms. The van der Waals surface area contributed by atoms with Gasteiger partial charge in [0.1, 0.15) is 5.75 Å². The SMILES string of the molecule is COc1ccc2c(c1)NC(=O)C(CCN1CCCCC1)C2. The van der Waals surface area contributed by atoms with Crippen LogP contribution in [-0.2, 0) is 11.2 Å². The second-order valence-corrected chi connectivity index (χ2v) is 6.10. The summed E-state index contributed by atoms with van der Waals surface area (Å²) in [6, 6.07) is 5.95. The molecule has 0 saturated carbocycles. The van der Waals surface area contributed by atoms with E-state index in [1.165, 1.54) is 37.9 Å². The van der Waals surface area contributed by atoms with Crippen LogP contribution >= 0.6 is 0 Å². The molecular formula is C17H24N2O2. The number of piperidine rings is 1. The van der Waals surface area contributed by atoms with Gasteiger partial charge in [0.25, 0.3) is 0 Å². The van der Waals surface area contributed by atoms with Crippen molar-refractivity contribution in [1.82, 2.24) is 4.90 Å². The Morgan fingerprint density at radius 1 is 1.29 bits per heavy atom. The number of hydrogen-bond acceptors (Lipinski definition) is 3. The van der Waals surface area contributed by atoms with Crippen molar-refractivity contribution < 1.29 is 9.53 Å². The fourth-order valence-corrected chi connectivity index (χ4v) is 3.32. The monoisotopic (exact) mass is 288 g/mol. The number of benzene rings is 1. The molecular weight excluding hydrogens is 264 g/mol. The van der Waals surface area contributed by atoms with Crippen molar-refractivity contribution in [3.8, 4) is 5.75 Å². The van der Waals surface area contributed by atoms with Gasteiger partial charge in [-0.3, -0.25) is 4.79 Å². The van der Waals surface area contributed by atoms with Crippen LogP contribution in [0.25, 0.3) is 0 Å². The molecule has 2 aliphatic rings. The van der Waals surface area contributed by atoms with Gasteiger partial charge in [0.2, 0.25) is 5.91 Å². The first-order chi connectivity index (χ1) is 10.3. The maximum Gasteiger partial charge on any atom is 0.227 e. The number of amides is 1. The van der Waals surface area contributed by atoms with Crippen LogP contribution in [0.5, 0.6) is 5.75 Å². The number of nitrogens with one attached hydrogen (secondary N) is 1. The number of carbonyl (C=O) groups excluding carboxylic acids is 1. The zero-order valence-corrected chi connectivity index (χ0v) is 12.7. The number of anilines is 1. The van der Waals surface area contributed by atoms with E-state index in [0.29, 0.717) is 0 Å². The van der Waals surface area contributed by atoms with Gasteiger partial charge < -0.3 is 15.0 Å². The van der Waals surface area contributed by atoms with E-state index in [1.807, 2.05) is 12.1 Å². The molecule has 2 heterocycles. The summed E-state index contributed by atoms with van der Waals surface area (Å²) in [5.41, 5.74) is 2.13. The maximum atomic E-state index is 12.3. The Balaban J connectivity index is 1.61. The van der Waals surface area contributed by atoms with Crippen molar-refractivity contribution in [2.24, 2.45) is 5.92 Å². The molecule has 1 amide bonds. The average molecular weight is 288 g/mol. The Bertz CT molecular complexity index is 510. The summed E-state index contributed by atoms with van der Waals surface area (Å²) in [5, 5.41) is 3.03. The van der Waals surface area contributed by atoms with Gasteiger partial charge >= 0.3 is 0 Å². The molecule has 0 aliphatic carbocycles. The molecule has 1 N–H and O–H groups in total. The van der Waals surface area contributed by atoms with Crippen LogP contribution in [0.2, 0.25) is 0 Å². The van der Waals surface area contributed by atoms with Crippen LogP contribution in [0.4, 0.5) is 5.69 Å². The van der Waals surface area contributed by atoms with Gasteiger partial charge in [0.15, 0.2) is 0 Å². The maximum absolute atomic E-state index is 12.3. The van der Waals surface area contributed by atoms with E-state index in [9.17, 15) is 4.79 Å². The molecule has 1 unspecified atom stereocenters. The summed E-state index contributed by atoms with van der Waals surface area (Å²) in [6.07, 6.45) is 5.77. The first-order valence-electron chi connectivity index (χ1n) is 7.96. The minimum absolute atomic E-state index is 0.104. The highest BCUT2D eigenvalue weighted by molar-refractivity contribution is 5.96. The molecule has 0 spiro atoms. The lowest BCUT2D eigenvalue weighted by Crippen LogP contribution is -2.36. The quantitative estimate of drug-likeness (QED) is 0.926. The number of ether oxygens (including phenoxy) is 1. The van der Waals surface area contributed by atoms with Gasteiger partial charge in [0.05, 0.1) is 7.11 Å². The zero-order valence-electron chi connectivity index (χ0n) is 12.7. The minimum Gasteiger partial charge on any atom is -0.497 e. The molecule has 114 valence electrons. The Hall–Kier alpha value is -1.55. The Labute approximate surface area is 126 Å². The third-order valence-electron chi connectivity index (χ3n) is 4.65. The van der Waals surface area contributed by atoms with E-state index < -0.39 is 0 Å². The summed E-state index contributed by atoms with van der Waals surface area (Å²) >= 11 is 0. The van der Waals surface area contributed by atoms with Crippen molar-refractivity contribution >= 4 is 11.6 Å². The van der Waals surface area contributed by atoms with E-state index in [4.69, 9.17) is 4.74 Å². The van der Waals surface area contributed by atoms with E-state index >= 15 is 0 Å². The molecule has 2 aliphatic heterocycles. The molecule has 1 aromatic carbocycles. The fraction of sp³-hybridized carbons (Fsp3) is 0.588. The van der Waals surface area contributed by atoms with Gasteiger partial charge in [-0.1, -0.05) is 12.5 Å². The minimum atomic E-state index is 0.104. The first-order valence-corrected chi connectivity index (χ1v) is 7.96. The number of rotatable bonds is 4. The van der Waals surface area contributed by atoms with Gasteiger partial charge in [-0.2, -0.15) is 0 Å². The molecule has 1 aromatic rings. The molecule has 4 nitrogen and oxygen atoms in total. The predicted molar refractivity (Wildman–Crippen MR) is 83.7 cm³/mol. The number of nitrogens with zero attached hydrogens (tertiary/aromatic N) is 1. The summed E-state index contributed by atoms with van der Waals surface area (Å²) in [6.45, 7) is 3.44. The van der Waals surface area contributed by atoms with Crippen LogP contribution in [0.15, 0.2) is 18.2 Å². The molecule has 3 rings (SSSR count). The largest absolute Gasteiger partial charge is 0.497 e. The summed E-state index contributed by atoms with van der Waals surface area (Å²) in [4.78, 5) is 14.8. The van der Waals surface area contributed by atoms with Crippen LogP contribution in [0.1, 0.15) is 31.2 Å². The van der Waals surface area contributed by atoms with E-state index in [-0.39, 0.29) is 11.8 Å². The lowest BCUT2D eigenvalue weighted by Gasteiger charge is -2.30. The van der Waals surface area contributed by atoms with Gasteiger partial charge in [-0.25, -0.2) is 0 Å². The van der Waals surface area contributed by atoms with Crippen molar-refractivity contribution in [2.75, 3.05) is 32.1 Å². The topological polar surface area (TPSA) is 41.6 Å². The summed E-state index contributed by atoms with van der Waals surface area (Å²) < 4.78 is 5.21. The number of carbonyl (C=O) groups is 1. The molecule has 21 heavy (non-hydrogen) atoms. The van der Waals surface area contributed by atoms with Gasteiger partial charge in [0, 0.05) is 17.7 Å². The summed E-state index contributed by atoms with van der Waals surface area (Å²) in [5.74, 6) is 1.06. The summed E-state index contributed by atoms with van der Waals surface area (Å²) in [7, 11) is 1.65. The Kier molecular flexibility index (Phi) is 4.44. The number of fused-ring (bicyclic) bond motifs is 1. The van der Waals surface area contributed by atoms with Crippen LogP contribution < -0.4 is 10.1 Å². The lowest BCUT2D eigenvalue weighted by molar-refractivity contribution is -0.120.